The molecule has 0 atom stereocenters. The molecule has 0 N–H and O–H groups in total. The van der Waals surface area contributed by atoms with Crippen molar-refractivity contribution in [3.63, 3.8) is 0 Å². The van der Waals surface area contributed by atoms with Crippen molar-refractivity contribution in [2.75, 3.05) is 6.26 Å². The summed E-state index contributed by atoms with van der Waals surface area (Å²) in [7, 11) is 0. The summed E-state index contributed by atoms with van der Waals surface area (Å²) in [5.74, 6) is 0. The average molecular weight is 397 g/mol. The van der Waals surface area contributed by atoms with Gasteiger partial charge in [0.1, 0.15) is 0 Å². The lowest BCUT2D eigenvalue weighted by Gasteiger charge is -2.12. The monoisotopic (exact) mass is 396 g/mol. The average Bonchev–Trinajstić information content (AvgIpc) is 2.95. The fourth-order valence-electron chi connectivity index (χ4n) is 4.37. The number of hydrogen-bond donors (Lipinski definition) is 0. The van der Waals surface area contributed by atoms with Crippen molar-refractivity contribution in [1.29, 1.82) is 0 Å². The summed E-state index contributed by atoms with van der Waals surface area (Å²) in [4.78, 5) is 4.76. The molecule has 2 nitrogen and oxygen atoms in total. The predicted octanol–water partition coefficient (Wildman–Crippen LogP) is 7.15. The van der Waals surface area contributed by atoms with Gasteiger partial charge in [-0.2, -0.15) is 0 Å². The van der Waals surface area contributed by atoms with Crippen LogP contribution in [0.2, 0.25) is 0 Å². The molecular weight excluding hydrogens is 372 g/mol. The zero-order valence-electron chi connectivity index (χ0n) is 16.9. The van der Waals surface area contributed by atoms with Gasteiger partial charge in [-0.15, -0.1) is 0 Å². The van der Waals surface area contributed by atoms with E-state index in [1.807, 2.05) is 6.20 Å². The third-order valence-electron chi connectivity index (χ3n) is 5.75. The summed E-state index contributed by atoms with van der Waals surface area (Å²) in [6, 6.07) is 19.9. The number of fused-ring (bicyclic) bond motifs is 2. The highest BCUT2D eigenvalue weighted by Gasteiger charge is 2.17. The first kappa shape index (κ1) is 18.3. The molecule has 2 aromatic heterocycles. The maximum atomic E-state index is 4.76. The molecule has 0 unspecified atom stereocenters. The van der Waals surface area contributed by atoms with E-state index < -0.39 is 0 Å². The van der Waals surface area contributed by atoms with Crippen LogP contribution in [0.1, 0.15) is 29.5 Å². The van der Waals surface area contributed by atoms with Crippen molar-refractivity contribution in [2.24, 2.45) is 0 Å². The van der Waals surface area contributed by atoms with E-state index in [0.29, 0.717) is 0 Å². The predicted molar refractivity (Wildman–Crippen MR) is 126 cm³/mol. The van der Waals surface area contributed by atoms with Gasteiger partial charge in [0.05, 0.1) is 5.69 Å². The smallest absolute Gasteiger partial charge is 0.151 e. The second-order valence-electron chi connectivity index (χ2n) is 7.64. The second kappa shape index (κ2) is 7.57. The van der Waals surface area contributed by atoms with Crippen LogP contribution >= 0.6 is 11.9 Å². The number of benzene rings is 2. The zero-order valence-corrected chi connectivity index (χ0v) is 17.7. The highest BCUT2D eigenvalue weighted by atomic mass is 32.2. The Morgan fingerprint density at radius 3 is 2.76 bits per heavy atom. The largest absolute Gasteiger partial charge is 0.267 e. The minimum atomic E-state index is 1.03. The molecule has 0 saturated heterocycles. The van der Waals surface area contributed by atoms with Crippen LogP contribution in [-0.4, -0.2) is 15.2 Å². The molecule has 4 aromatic rings. The van der Waals surface area contributed by atoms with Gasteiger partial charge < -0.3 is 0 Å². The first-order valence-electron chi connectivity index (χ1n) is 10.2. The Kier molecular flexibility index (Phi) is 4.76. The number of rotatable bonds is 3. The standard InChI is InChI=1S/C26H24N2S/c1-18-8-6-11-20(16-18)25-17-24-23(14-15-27-26(24)28(25)29-2)22-13-7-10-19-9-4-3-5-12-21(19)22/h5-8,10-17H,3-4,9H2,1-2H3. The molecule has 0 spiro atoms. The Morgan fingerprint density at radius 1 is 1.00 bits per heavy atom. The molecule has 0 bridgehead atoms. The number of aryl methyl sites for hydroxylation is 2. The molecule has 5 rings (SSSR count). The van der Waals surface area contributed by atoms with Crippen LogP contribution in [0.15, 0.2) is 66.9 Å². The van der Waals surface area contributed by atoms with Gasteiger partial charge in [-0.1, -0.05) is 54.1 Å². The molecule has 0 radical (unpaired) electrons. The number of allylic oxidation sites excluding steroid dienone is 1. The Labute approximate surface area is 176 Å². The molecule has 1 aliphatic rings. The van der Waals surface area contributed by atoms with E-state index in [9.17, 15) is 0 Å². The molecule has 0 saturated carbocycles. The highest BCUT2D eigenvalue weighted by molar-refractivity contribution is 7.97. The van der Waals surface area contributed by atoms with Gasteiger partial charge in [-0.3, -0.25) is 3.97 Å². The third kappa shape index (κ3) is 3.20. The number of aromatic nitrogens is 2. The summed E-state index contributed by atoms with van der Waals surface area (Å²) in [6.07, 6.45) is 12.2. The Hall–Kier alpha value is -2.78. The van der Waals surface area contributed by atoms with E-state index in [1.54, 1.807) is 11.9 Å². The van der Waals surface area contributed by atoms with Gasteiger partial charge >= 0.3 is 0 Å². The molecule has 2 aromatic carbocycles. The molecular formula is C26H24N2S. The molecule has 29 heavy (non-hydrogen) atoms. The van der Waals surface area contributed by atoms with Gasteiger partial charge in [0.25, 0.3) is 0 Å². The van der Waals surface area contributed by atoms with E-state index in [2.05, 4.69) is 83.9 Å². The lowest BCUT2D eigenvalue weighted by atomic mass is 9.93. The van der Waals surface area contributed by atoms with E-state index in [4.69, 9.17) is 4.98 Å². The summed E-state index contributed by atoms with van der Waals surface area (Å²) in [5.41, 5.74) is 10.1. The molecule has 0 amide bonds. The third-order valence-corrected chi connectivity index (χ3v) is 6.48. The maximum Gasteiger partial charge on any atom is 0.151 e. The van der Waals surface area contributed by atoms with Crippen molar-refractivity contribution in [3.8, 4) is 22.4 Å². The minimum absolute atomic E-state index is 1.03. The van der Waals surface area contributed by atoms with Gasteiger partial charge in [0, 0.05) is 17.8 Å². The normalized spacial score (nSPS) is 13.4. The van der Waals surface area contributed by atoms with Gasteiger partial charge in [-0.25, -0.2) is 4.98 Å². The van der Waals surface area contributed by atoms with Crippen molar-refractivity contribution in [3.05, 3.63) is 83.6 Å². The summed E-state index contributed by atoms with van der Waals surface area (Å²) >= 11 is 1.71. The summed E-state index contributed by atoms with van der Waals surface area (Å²) in [6.45, 7) is 2.14. The molecule has 0 aliphatic heterocycles. The maximum absolute atomic E-state index is 4.76. The Morgan fingerprint density at radius 2 is 1.90 bits per heavy atom. The fourth-order valence-corrected chi connectivity index (χ4v) is 5.05. The van der Waals surface area contributed by atoms with Crippen molar-refractivity contribution in [1.82, 2.24) is 8.96 Å². The Bertz CT molecular complexity index is 1230. The van der Waals surface area contributed by atoms with Crippen LogP contribution in [0.4, 0.5) is 0 Å². The SMILES string of the molecule is CSn1c(-c2cccc(C)c2)cc2c(-c3cccc4c3C=CCCC4)ccnc21. The highest BCUT2D eigenvalue weighted by Crippen LogP contribution is 2.38. The second-order valence-corrected chi connectivity index (χ2v) is 8.38. The van der Waals surface area contributed by atoms with Crippen LogP contribution in [0.5, 0.6) is 0 Å². The number of hydrogen-bond acceptors (Lipinski definition) is 2. The Balaban J connectivity index is 1.78. The van der Waals surface area contributed by atoms with E-state index in [-0.39, 0.29) is 0 Å². The van der Waals surface area contributed by atoms with Crippen LogP contribution < -0.4 is 0 Å². The fraction of sp³-hybridized carbons (Fsp3) is 0.192. The molecule has 0 fully saturated rings. The number of pyridine rings is 1. The van der Waals surface area contributed by atoms with Crippen molar-refractivity contribution in [2.45, 2.75) is 26.2 Å². The van der Waals surface area contributed by atoms with E-state index >= 15 is 0 Å². The van der Waals surface area contributed by atoms with E-state index in [0.717, 1.165) is 18.5 Å². The summed E-state index contributed by atoms with van der Waals surface area (Å²) in [5, 5.41) is 1.21. The lowest BCUT2D eigenvalue weighted by molar-refractivity contribution is 0.852. The van der Waals surface area contributed by atoms with Crippen LogP contribution in [0, 0.1) is 6.92 Å². The zero-order chi connectivity index (χ0) is 19.8. The van der Waals surface area contributed by atoms with Crippen molar-refractivity contribution < 1.29 is 0 Å². The quantitative estimate of drug-likeness (QED) is 0.366. The number of nitrogens with zero attached hydrogens (tertiary/aromatic N) is 2. The van der Waals surface area contributed by atoms with Crippen LogP contribution in [-0.2, 0) is 6.42 Å². The molecule has 144 valence electrons. The first-order valence-corrected chi connectivity index (χ1v) is 11.4. The van der Waals surface area contributed by atoms with Gasteiger partial charge in [0.2, 0.25) is 0 Å². The van der Waals surface area contributed by atoms with Crippen molar-refractivity contribution >= 4 is 29.1 Å². The first-order chi connectivity index (χ1) is 14.3. The van der Waals surface area contributed by atoms with Gasteiger partial charge in [-0.05, 0) is 84.2 Å². The van der Waals surface area contributed by atoms with Crippen LogP contribution in [0.3, 0.4) is 0 Å². The topological polar surface area (TPSA) is 17.8 Å². The lowest BCUT2D eigenvalue weighted by Crippen LogP contribution is -1.93. The van der Waals surface area contributed by atoms with E-state index in [1.165, 1.54) is 50.9 Å². The molecule has 1 aliphatic carbocycles. The molecule has 2 heterocycles. The molecule has 3 heteroatoms. The van der Waals surface area contributed by atoms with Gasteiger partial charge in [0.15, 0.2) is 5.65 Å². The van der Waals surface area contributed by atoms with Crippen LogP contribution in [0.25, 0.3) is 39.5 Å². The minimum Gasteiger partial charge on any atom is -0.267 e. The summed E-state index contributed by atoms with van der Waals surface area (Å²) < 4.78 is 2.26.